The second-order valence-corrected chi connectivity index (χ2v) is 8.03. The first-order valence-electron chi connectivity index (χ1n) is 11.2. The molecule has 3 aromatic rings. The molecule has 1 N–H and O–H groups in total. The average molecular weight is 487 g/mol. The van der Waals surface area contributed by atoms with Gasteiger partial charge in [-0.2, -0.15) is 0 Å². The Balaban J connectivity index is 1.83. The van der Waals surface area contributed by atoms with Crippen molar-refractivity contribution in [2.45, 2.75) is 12.6 Å². The maximum absolute atomic E-state index is 13.3. The van der Waals surface area contributed by atoms with Gasteiger partial charge in [-0.3, -0.25) is 14.6 Å². The summed E-state index contributed by atoms with van der Waals surface area (Å²) < 4.78 is 16.3. The second kappa shape index (κ2) is 10.8. The molecule has 1 fully saturated rings. The van der Waals surface area contributed by atoms with Gasteiger partial charge in [-0.15, -0.1) is 0 Å². The third kappa shape index (κ3) is 4.79. The van der Waals surface area contributed by atoms with E-state index in [1.54, 1.807) is 67.0 Å². The van der Waals surface area contributed by atoms with Crippen molar-refractivity contribution in [3.05, 3.63) is 102 Å². The number of likely N-dealkylation sites (tertiary alicyclic amines) is 1. The number of nitrogens with zero attached hydrogens (tertiary/aromatic N) is 2. The van der Waals surface area contributed by atoms with Crippen molar-refractivity contribution >= 4 is 17.4 Å². The topological polar surface area (TPSA) is 98.2 Å². The van der Waals surface area contributed by atoms with Crippen LogP contribution in [0.3, 0.4) is 0 Å². The van der Waals surface area contributed by atoms with E-state index in [2.05, 4.69) is 11.6 Å². The number of amides is 1. The van der Waals surface area contributed by atoms with Crippen LogP contribution in [0.2, 0.25) is 0 Å². The van der Waals surface area contributed by atoms with Gasteiger partial charge < -0.3 is 24.2 Å². The van der Waals surface area contributed by atoms with Crippen LogP contribution in [0.15, 0.2) is 85.2 Å². The first kappa shape index (κ1) is 24.5. The summed E-state index contributed by atoms with van der Waals surface area (Å²) >= 11 is 0. The van der Waals surface area contributed by atoms with Gasteiger partial charge >= 0.3 is 0 Å². The largest absolute Gasteiger partial charge is 0.507 e. The molecule has 0 radical (unpaired) electrons. The number of benzene rings is 2. The summed E-state index contributed by atoms with van der Waals surface area (Å²) in [5.74, 6) is -0.252. The van der Waals surface area contributed by atoms with Crippen LogP contribution in [-0.4, -0.2) is 47.5 Å². The van der Waals surface area contributed by atoms with Crippen molar-refractivity contribution in [3.8, 4) is 17.2 Å². The zero-order chi connectivity index (χ0) is 25.7. The number of ether oxygens (including phenoxy) is 3. The van der Waals surface area contributed by atoms with Gasteiger partial charge in [0.25, 0.3) is 11.7 Å². The summed E-state index contributed by atoms with van der Waals surface area (Å²) in [6.45, 7) is 4.08. The minimum absolute atomic E-state index is 0.0177. The fourth-order valence-corrected chi connectivity index (χ4v) is 4.12. The summed E-state index contributed by atoms with van der Waals surface area (Å²) in [6, 6.07) is 14.5. The van der Waals surface area contributed by atoms with Gasteiger partial charge in [0.1, 0.15) is 18.1 Å². The summed E-state index contributed by atoms with van der Waals surface area (Å²) in [7, 11) is 3.03. The summed E-state index contributed by atoms with van der Waals surface area (Å²) in [6.07, 6.45) is 4.89. The molecule has 1 saturated heterocycles. The fraction of sp³-hybridized carbons (Fsp3) is 0.179. The van der Waals surface area contributed by atoms with Crippen molar-refractivity contribution in [1.29, 1.82) is 0 Å². The van der Waals surface area contributed by atoms with Gasteiger partial charge in [-0.25, -0.2) is 0 Å². The van der Waals surface area contributed by atoms with Gasteiger partial charge in [0.2, 0.25) is 0 Å². The zero-order valence-electron chi connectivity index (χ0n) is 20.0. The number of methoxy groups -OCH3 is 2. The Morgan fingerprint density at radius 2 is 1.83 bits per heavy atom. The fourth-order valence-electron chi connectivity index (χ4n) is 4.12. The van der Waals surface area contributed by atoms with E-state index in [4.69, 9.17) is 14.2 Å². The van der Waals surface area contributed by atoms with Gasteiger partial charge in [-0.05, 0) is 53.6 Å². The number of rotatable bonds is 9. The molecule has 2 aromatic carbocycles. The lowest BCUT2D eigenvalue weighted by Crippen LogP contribution is -2.29. The highest BCUT2D eigenvalue weighted by atomic mass is 16.5. The average Bonchev–Trinajstić information content (AvgIpc) is 3.16. The summed E-state index contributed by atoms with van der Waals surface area (Å²) in [5, 5.41) is 11.3. The van der Waals surface area contributed by atoms with Gasteiger partial charge in [0, 0.05) is 24.5 Å². The van der Waals surface area contributed by atoms with Crippen LogP contribution in [-0.2, 0) is 16.1 Å². The predicted molar refractivity (Wildman–Crippen MR) is 134 cm³/mol. The lowest BCUT2D eigenvalue weighted by molar-refractivity contribution is -0.140. The minimum Gasteiger partial charge on any atom is -0.507 e. The second-order valence-electron chi connectivity index (χ2n) is 8.03. The van der Waals surface area contributed by atoms with E-state index in [9.17, 15) is 14.7 Å². The van der Waals surface area contributed by atoms with E-state index < -0.39 is 17.7 Å². The predicted octanol–water partition coefficient (Wildman–Crippen LogP) is 4.29. The van der Waals surface area contributed by atoms with Gasteiger partial charge in [0.05, 0.1) is 25.8 Å². The highest BCUT2D eigenvalue weighted by Crippen LogP contribution is 2.42. The number of aliphatic hydroxyl groups is 1. The van der Waals surface area contributed by atoms with Crippen LogP contribution in [0.4, 0.5) is 0 Å². The molecule has 0 unspecified atom stereocenters. The molecule has 4 rings (SSSR count). The number of pyridine rings is 1. The molecule has 1 aliphatic heterocycles. The number of carbonyl (C=O) groups excluding carboxylic acids is 2. The molecule has 8 heteroatoms. The van der Waals surface area contributed by atoms with Crippen molar-refractivity contribution in [1.82, 2.24) is 9.88 Å². The van der Waals surface area contributed by atoms with Crippen LogP contribution in [0.1, 0.15) is 22.7 Å². The van der Waals surface area contributed by atoms with Crippen molar-refractivity contribution in [2.24, 2.45) is 0 Å². The molecule has 0 bridgehead atoms. The quantitative estimate of drug-likeness (QED) is 0.209. The molecule has 1 aromatic heterocycles. The third-order valence-corrected chi connectivity index (χ3v) is 5.83. The monoisotopic (exact) mass is 486 g/mol. The molecular formula is C28H26N2O6. The Hall–Kier alpha value is -4.59. The summed E-state index contributed by atoms with van der Waals surface area (Å²) in [4.78, 5) is 32.0. The molecule has 0 aliphatic carbocycles. The first-order valence-corrected chi connectivity index (χ1v) is 11.2. The molecule has 8 nitrogen and oxygen atoms in total. The van der Waals surface area contributed by atoms with Gasteiger partial charge in [0.15, 0.2) is 11.5 Å². The first-order chi connectivity index (χ1) is 17.5. The van der Waals surface area contributed by atoms with Gasteiger partial charge in [-0.1, -0.05) is 24.8 Å². The van der Waals surface area contributed by atoms with E-state index in [1.165, 1.54) is 19.1 Å². The number of aliphatic hydroxyl groups excluding tert-OH is 1. The van der Waals surface area contributed by atoms with Crippen LogP contribution in [0.25, 0.3) is 5.76 Å². The van der Waals surface area contributed by atoms with Crippen LogP contribution in [0.5, 0.6) is 17.2 Å². The Kier molecular flexibility index (Phi) is 7.34. The molecule has 0 saturated carbocycles. The van der Waals surface area contributed by atoms with Crippen LogP contribution < -0.4 is 14.2 Å². The molecule has 184 valence electrons. The Morgan fingerprint density at radius 1 is 1.08 bits per heavy atom. The van der Waals surface area contributed by atoms with Crippen LogP contribution in [0, 0.1) is 0 Å². The highest BCUT2D eigenvalue weighted by molar-refractivity contribution is 6.46. The number of carbonyl (C=O) groups is 2. The van der Waals surface area contributed by atoms with E-state index in [-0.39, 0.29) is 17.9 Å². The van der Waals surface area contributed by atoms with Crippen molar-refractivity contribution < 1.29 is 28.9 Å². The lowest BCUT2D eigenvalue weighted by Gasteiger charge is -2.26. The Labute approximate surface area is 209 Å². The molecule has 36 heavy (non-hydrogen) atoms. The standard InChI is InChI=1S/C28H26N2O6/c1-4-14-36-21-10-7-19(8-11-21)26(31)24-25(20-9-12-22(34-2)23(15-20)35-3)30(28(33)27(24)32)17-18-6-5-13-29-16-18/h4-13,15-16,25,31H,1,14,17H2,2-3H3/t25-/m0/s1. The number of aromatic nitrogens is 1. The molecular weight excluding hydrogens is 460 g/mol. The number of Topliss-reactive ketones (excluding diaryl/α,β-unsaturated/α-hetero) is 1. The van der Waals surface area contributed by atoms with E-state index >= 15 is 0 Å². The molecule has 1 amide bonds. The Bertz CT molecular complexity index is 1300. The van der Waals surface area contributed by atoms with Crippen molar-refractivity contribution in [3.63, 3.8) is 0 Å². The number of hydrogen-bond acceptors (Lipinski definition) is 7. The molecule has 0 spiro atoms. The smallest absolute Gasteiger partial charge is 0.295 e. The number of hydrogen-bond donors (Lipinski definition) is 1. The zero-order valence-corrected chi connectivity index (χ0v) is 20.0. The SMILES string of the molecule is C=CCOc1ccc(C(O)=C2C(=O)C(=O)N(Cc3cccnc3)[C@H]2c2ccc(OC)c(OC)c2)cc1. The highest BCUT2D eigenvalue weighted by Gasteiger charge is 2.46. The van der Waals surface area contributed by atoms with Crippen molar-refractivity contribution in [2.75, 3.05) is 20.8 Å². The maximum atomic E-state index is 13.3. The van der Waals surface area contributed by atoms with E-state index in [1.807, 2.05) is 6.07 Å². The normalized spacial score (nSPS) is 16.6. The molecule has 1 aliphatic rings. The Morgan fingerprint density at radius 3 is 2.47 bits per heavy atom. The lowest BCUT2D eigenvalue weighted by atomic mass is 9.94. The molecule has 2 heterocycles. The van der Waals surface area contributed by atoms with Crippen LogP contribution >= 0.6 is 0 Å². The third-order valence-electron chi connectivity index (χ3n) is 5.83. The minimum atomic E-state index is -0.860. The maximum Gasteiger partial charge on any atom is 0.295 e. The summed E-state index contributed by atoms with van der Waals surface area (Å²) in [5.41, 5.74) is 1.69. The molecule has 1 atom stereocenters. The van der Waals surface area contributed by atoms with E-state index in [0.29, 0.717) is 35.0 Å². The van der Waals surface area contributed by atoms with E-state index in [0.717, 1.165) is 5.56 Å². The number of ketones is 1.